The molecule has 23 heavy (non-hydrogen) atoms. The molecule has 0 spiro atoms. The molecule has 0 fully saturated rings. The van der Waals surface area contributed by atoms with Crippen molar-refractivity contribution < 1.29 is 8.76 Å². The number of halogens is 2. The van der Waals surface area contributed by atoms with Gasteiger partial charge in [0.05, 0.1) is 23.5 Å². The summed E-state index contributed by atoms with van der Waals surface area (Å²) in [5.41, 5.74) is 3.36. The molecule has 1 aromatic heterocycles. The Bertz CT molecular complexity index is 888. The highest BCUT2D eigenvalue weighted by Gasteiger charge is 2.12. The normalized spacial score (nSPS) is 12.7. The average molecular weight is 369 g/mol. The number of aromatic nitrogens is 2. The summed E-state index contributed by atoms with van der Waals surface area (Å²) in [4.78, 5) is 0. The number of hydrogen-bond acceptors (Lipinski definition) is 2. The van der Waals surface area contributed by atoms with E-state index >= 15 is 0 Å². The van der Waals surface area contributed by atoms with E-state index in [1.54, 1.807) is 18.2 Å². The fraction of sp³-hybridized carbons (Fsp3) is 0.188. The van der Waals surface area contributed by atoms with Gasteiger partial charge in [-0.3, -0.25) is 4.68 Å². The van der Waals surface area contributed by atoms with Crippen LogP contribution >= 0.6 is 23.2 Å². The molecular formula is C16H14Cl2N2O2S. The fourth-order valence-electron chi connectivity index (χ4n) is 2.57. The van der Waals surface area contributed by atoms with Crippen molar-refractivity contribution in [3.8, 4) is 0 Å². The lowest BCUT2D eigenvalue weighted by Crippen LogP contribution is -2.03. The van der Waals surface area contributed by atoms with E-state index in [1.165, 1.54) is 0 Å². The first-order valence-electron chi connectivity index (χ1n) is 6.92. The van der Waals surface area contributed by atoms with Crippen LogP contribution in [-0.4, -0.2) is 18.5 Å². The van der Waals surface area contributed by atoms with Crippen LogP contribution in [0.2, 0.25) is 10.0 Å². The zero-order valence-corrected chi connectivity index (χ0v) is 14.6. The van der Waals surface area contributed by atoms with Crippen LogP contribution in [0.25, 0.3) is 10.9 Å². The monoisotopic (exact) mass is 368 g/mol. The second kappa shape index (κ2) is 6.61. The molecule has 1 unspecified atom stereocenters. The van der Waals surface area contributed by atoms with Crippen LogP contribution in [0, 0.1) is 6.92 Å². The van der Waals surface area contributed by atoms with Gasteiger partial charge in [0.15, 0.2) is 11.1 Å². The SMILES string of the molecule is Cc1nn(Cc2c(Cl)cccc2Cl)c2cc(CS(=O)O)ccc12. The van der Waals surface area contributed by atoms with E-state index in [0.717, 1.165) is 27.7 Å². The molecule has 0 radical (unpaired) electrons. The van der Waals surface area contributed by atoms with Crippen molar-refractivity contribution in [2.45, 2.75) is 19.2 Å². The third kappa shape index (κ3) is 3.43. The van der Waals surface area contributed by atoms with E-state index < -0.39 is 11.1 Å². The average Bonchev–Trinajstić information content (AvgIpc) is 2.78. The fourth-order valence-corrected chi connectivity index (χ4v) is 3.55. The zero-order chi connectivity index (χ0) is 16.6. The lowest BCUT2D eigenvalue weighted by atomic mass is 10.1. The Morgan fingerprint density at radius 3 is 2.57 bits per heavy atom. The molecule has 0 amide bonds. The second-order valence-corrected chi connectivity index (χ2v) is 7.01. The van der Waals surface area contributed by atoms with Crippen LogP contribution in [0.3, 0.4) is 0 Å². The highest BCUT2D eigenvalue weighted by atomic mass is 35.5. The highest BCUT2D eigenvalue weighted by molar-refractivity contribution is 7.78. The molecule has 3 rings (SSSR count). The third-order valence-corrected chi connectivity index (χ3v) is 4.95. The Balaban J connectivity index is 2.08. The third-order valence-electron chi connectivity index (χ3n) is 3.66. The van der Waals surface area contributed by atoms with E-state index in [2.05, 4.69) is 5.10 Å². The number of hydrogen-bond donors (Lipinski definition) is 1. The minimum Gasteiger partial charge on any atom is -0.306 e. The van der Waals surface area contributed by atoms with Crippen molar-refractivity contribution in [2.24, 2.45) is 0 Å². The predicted octanol–water partition coefficient (Wildman–Crippen LogP) is 4.42. The predicted molar refractivity (Wildman–Crippen MR) is 94.5 cm³/mol. The molecule has 1 atom stereocenters. The molecule has 120 valence electrons. The van der Waals surface area contributed by atoms with E-state index in [0.29, 0.717) is 16.6 Å². The van der Waals surface area contributed by atoms with Crippen molar-refractivity contribution >= 4 is 45.2 Å². The largest absolute Gasteiger partial charge is 0.306 e. The van der Waals surface area contributed by atoms with E-state index in [-0.39, 0.29) is 5.75 Å². The second-order valence-electron chi connectivity index (χ2n) is 5.26. The molecule has 0 saturated carbocycles. The van der Waals surface area contributed by atoms with Crippen molar-refractivity contribution in [3.63, 3.8) is 0 Å². The number of benzene rings is 2. The van der Waals surface area contributed by atoms with Gasteiger partial charge in [-0.25, -0.2) is 4.21 Å². The maximum atomic E-state index is 11.0. The summed E-state index contributed by atoms with van der Waals surface area (Å²) >= 11 is 10.6. The molecule has 0 bridgehead atoms. The molecule has 0 aliphatic carbocycles. The van der Waals surface area contributed by atoms with E-state index in [9.17, 15) is 4.21 Å². The van der Waals surface area contributed by atoms with Crippen molar-refractivity contribution in [3.05, 3.63) is 63.3 Å². The van der Waals surface area contributed by atoms with Crippen molar-refractivity contribution in [1.82, 2.24) is 9.78 Å². The number of fused-ring (bicyclic) bond motifs is 1. The molecule has 2 aromatic carbocycles. The van der Waals surface area contributed by atoms with Gasteiger partial charge in [0.25, 0.3) is 0 Å². The number of rotatable bonds is 4. The summed E-state index contributed by atoms with van der Waals surface area (Å²) in [6.07, 6.45) is 0. The summed E-state index contributed by atoms with van der Waals surface area (Å²) in [5.74, 6) is 0.0903. The van der Waals surface area contributed by atoms with E-state index in [1.807, 2.05) is 29.8 Å². The molecule has 4 nitrogen and oxygen atoms in total. The van der Waals surface area contributed by atoms with Gasteiger partial charge in [-0.15, -0.1) is 0 Å². The maximum absolute atomic E-state index is 11.0. The Kier molecular flexibility index (Phi) is 4.73. The Labute approximate surface area is 146 Å². The molecule has 3 aromatic rings. The molecular weight excluding hydrogens is 355 g/mol. The van der Waals surface area contributed by atoms with Crippen LogP contribution in [0.1, 0.15) is 16.8 Å². The Morgan fingerprint density at radius 1 is 1.22 bits per heavy atom. The smallest absolute Gasteiger partial charge is 0.157 e. The van der Waals surface area contributed by atoms with Gasteiger partial charge >= 0.3 is 0 Å². The maximum Gasteiger partial charge on any atom is 0.157 e. The summed E-state index contributed by atoms with van der Waals surface area (Å²) < 4.78 is 21.9. The van der Waals surface area contributed by atoms with Gasteiger partial charge in [-0.05, 0) is 30.7 Å². The van der Waals surface area contributed by atoms with Gasteiger partial charge in [-0.2, -0.15) is 5.10 Å². The van der Waals surface area contributed by atoms with Gasteiger partial charge in [0, 0.05) is 21.0 Å². The Morgan fingerprint density at radius 2 is 1.91 bits per heavy atom. The number of nitrogens with zero attached hydrogens (tertiary/aromatic N) is 2. The first kappa shape index (κ1) is 16.5. The van der Waals surface area contributed by atoms with Gasteiger partial charge in [0.2, 0.25) is 0 Å². The van der Waals surface area contributed by atoms with Crippen LogP contribution in [-0.2, 0) is 23.4 Å². The molecule has 1 heterocycles. The molecule has 1 N–H and O–H groups in total. The zero-order valence-electron chi connectivity index (χ0n) is 12.3. The minimum atomic E-state index is -1.88. The standard InChI is InChI=1S/C16H14Cl2N2O2S/c1-10-12-6-5-11(9-23(21)22)7-16(12)20(19-10)8-13-14(17)3-2-4-15(13)18/h2-7H,8-9H2,1H3,(H,21,22). The summed E-state index contributed by atoms with van der Waals surface area (Å²) in [6, 6.07) is 11.0. The Hall–Kier alpha value is -1.40. The van der Waals surface area contributed by atoms with Crippen LogP contribution in [0.5, 0.6) is 0 Å². The van der Waals surface area contributed by atoms with Crippen LogP contribution in [0.15, 0.2) is 36.4 Å². The molecule has 0 aliphatic rings. The minimum absolute atomic E-state index is 0.0903. The summed E-state index contributed by atoms with van der Waals surface area (Å²) in [6.45, 7) is 2.37. The van der Waals surface area contributed by atoms with Crippen molar-refractivity contribution in [1.29, 1.82) is 0 Å². The van der Waals surface area contributed by atoms with Gasteiger partial charge < -0.3 is 4.55 Å². The topological polar surface area (TPSA) is 55.1 Å². The van der Waals surface area contributed by atoms with Gasteiger partial charge in [-0.1, -0.05) is 41.4 Å². The highest BCUT2D eigenvalue weighted by Crippen LogP contribution is 2.27. The van der Waals surface area contributed by atoms with E-state index in [4.69, 9.17) is 27.8 Å². The summed E-state index contributed by atoms with van der Waals surface area (Å²) in [7, 11) is 0. The van der Waals surface area contributed by atoms with Gasteiger partial charge in [0.1, 0.15) is 0 Å². The molecule has 7 heteroatoms. The molecule has 0 aliphatic heterocycles. The van der Waals surface area contributed by atoms with Crippen LogP contribution < -0.4 is 0 Å². The summed E-state index contributed by atoms with van der Waals surface area (Å²) in [5, 5.41) is 6.73. The lowest BCUT2D eigenvalue weighted by Gasteiger charge is -2.09. The van der Waals surface area contributed by atoms with Crippen LogP contribution in [0.4, 0.5) is 0 Å². The quantitative estimate of drug-likeness (QED) is 0.693. The first-order chi connectivity index (χ1) is 11.0. The number of aryl methyl sites for hydroxylation is 1. The molecule has 0 saturated heterocycles. The van der Waals surface area contributed by atoms with Crippen molar-refractivity contribution in [2.75, 3.05) is 0 Å². The lowest BCUT2D eigenvalue weighted by molar-refractivity contribution is 0.563. The first-order valence-corrected chi connectivity index (χ1v) is 8.95.